The Kier molecular flexibility index (Phi) is 8.58. The van der Waals surface area contributed by atoms with E-state index in [0.29, 0.717) is 11.8 Å². The highest BCUT2D eigenvalue weighted by molar-refractivity contribution is 5.38. The third-order valence-electron chi connectivity index (χ3n) is 6.77. The summed E-state index contributed by atoms with van der Waals surface area (Å²) in [5.74, 6) is 1.03. The standard InChI is InChI=1S/C21H34N2O2/c1-2-3-10-15-21(18-11-6-4-7-12-18,19-13-8-5-9-14-19)20(22-16-24)23-17-25/h18-20H,2-15H2,1H3. The van der Waals surface area contributed by atoms with Crippen LogP contribution in [0.3, 0.4) is 0 Å². The van der Waals surface area contributed by atoms with E-state index in [1.54, 1.807) is 12.2 Å². The highest BCUT2D eigenvalue weighted by atomic mass is 16.1. The third kappa shape index (κ3) is 4.90. The summed E-state index contributed by atoms with van der Waals surface area (Å²) in [6, 6.07) is 0. The third-order valence-corrected chi connectivity index (χ3v) is 6.77. The molecule has 0 amide bonds. The highest BCUT2D eigenvalue weighted by Crippen LogP contribution is 2.55. The zero-order valence-corrected chi connectivity index (χ0v) is 15.8. The number of rotatable bonds is 9. The van der Waals surface area contributed by atoms with Crippen LogP contribution in [0.1, 0.15) is 96.8 Å². The van der Waals surface area contributed by atoms with Crippen molar-refractivity contribution < 1.29 is 9.59 Å². The van der Waals surface area contributed by atoms with Crippen LogP contribution in [-0.4, -0.2) is 18.3 Å². The lowest BCUT2D eigenvalue weighted by Gasteiger charge is -2.50. The van der Waals surface area contributed by atoms with Gasteiger partial charge in [-0.25, -0.2) is 9.59 Å². The van der Waals surface area contributed by atoms with Crippen molar-refractivity contribution in [2.24, 2.45) is 27.2 Å². The van der Waals surface area contributed by atoms with Gasteiger partial charge in [-0.3, -0.25) is 0 Å². The van der Waals surface area contributed by atoms with Gasteiger partial charge in [0.2, 0.25) is 12.2 Å². The van der Waals surface area contributed by atoms with Crippen molar-refractivity contribution in [3.8, 4) is 0 Å². The van der Waals surface area contributed by atoms with Gasteiger partial charge in [-0.1, -0.05) is 64.7 Å². The van der Waals surface area contributed by atoms with E-state index in [1.165, 1.54) is 77.0 Å². The molecule has 0 unspecified atom stereocenters. The number of nitrogens with zero attached hydrogens (tertiary/aromatic N) is 2. The average molecular weight is 347 g/mol. The van der Waals surface area contributed by atoms with E-state index < -0.39 is 6.17 Å². The average Bonchev–Trinajstić information content (AvgIpc) is 2.67. The molecule has 0 atom stereocenters. The predicted molar refractivity (Wildman–Crippen MR) is 99.8 cm³/mol. The van der Waals surface area contributed by atoms with Crippen LogP contribution in [0.4, 0.5) is 0 Å². The van der Waals surface area contributed by atoms with Crippen molar-refractivity contribution >= 4 is 12.2 Å². The molecule has 2 aliphatic carbocycles. The van der Waals surface area contributed by atoms with Crippen molar-refractivity contribution in [3.63, 3.8) is 0 Å². The largest absolute Gasteiger partial charge is 0.237 e. The quantitative estimate of drug-likeness (QED) is 0.305. The van der Waals surface area contributed by atoms with Crippen LogP contribution in [0.5, 0.6) is 0 Å². The predicted octanol–water partition coefficient (Wildman–Crippen LogP) is 5.71. The number of unbranched alkanes of at least 4 members (excludes halogenated alkanes) is 2. The van der Waals surface area contributed by atoms with E-state index in [-0.39, 0.29) is 5.41 Å². The maximum absolute atomic E-state index is 11.2. The van der Waals surface area contributed by atoms with Gasteiger partial charge in [0.05, 0.1) is 0 Å². The monoisotopic (exact) mass is 346 g/mol. The van der Waals surface area contributed by atoms with E-state index in [4.69, 9.17) is 0 Å². The van der Waals surface area contributed by atoms with Gasteiger partial charge < -0.3 is 0 Å². The zero-order chi connectivity index (χ0) is 18.0. The van der Waals surface area contributed by atoms with Crippen molar-refractivity contribution in [2.45, 2.75) is 103 Å². The molecule has 4 heteroatoms. The number of isocyanates is 2. The molecular weight excluding hydrogens is 312 g/mol. The molecule has 0 spiro atoms. The summed E-state index contributed by atoms with van der Waals surface area (Å²) in [6.45, 7) is 2.22. The minimum Gasteiger partial charge on any atom is -0.211 e. The van der Waals surface area contributed by atoms with Gasteiger partial charge in [0.1, 0.15) is 0 Å². The Morgan fingerprint density at radius 3 is 1.72 bits per heavy atom. The smallest absolute Gasteiger partial charge is 0.211 e. The van der Waals surface area contributed by atoms with Crippen LogP contribution < -0.4 is 0 Å². The first kappa shape index (κ1) is 20.1. The Hall–Kier alpha value is -1.24. The van der Waals surface area contributed by atoms with Gasteiger partial charge in [0, 0.05) is 5.41 Å². The fraction of sp³-hybridized carbons (Fsp3) is 0.905. The molecule has 2 aliphatic rings. The molecule has 0 aromatic rings. The summed E-state index contributed by atoms with van der Waals surface area (Å²) >= 11 is 0. The second-order valence-corrected chi connectivity index (χ2v) is 8.05. The second kappa shape index (κ2) is 10.7. The van der Waals surface area contributed by atoms with Crippen LogP contribution in [-0.2, 0) is 9.59 Å². The lowest BCUT2D eigenvalue weighted by Crippen LogP contribution is -2.48. The van der Waals surface area contributed by atoms with Gasteiger partial charge in [-0.05, 0) is 43.9 Å². The van der Waals surface area contributed by atoms with Gasteiger partial charge in [0.15, 0.2) is 6.17 Å². The Bertz CT molecular complexity index is 444. The van der Waals surface area contributed by atoms with Crippen molar-refractivity contribution in [1.29, 1.82) is 0 Å². The number of hydrogen-bond acceptors (Lipinski definition) is 4. The molecule has 0 bridgehead atoms. The number of hydrogen-bond donors (Lipinski definition) is 0. The summed E-state index contributed by atoms with van der Waals surface area (Å²) in [6.07, 6.45) is 19.7. The topological polar surface area (TPSA) is 58.9 Å². The molecule has 0 saturated heterocycles. The first-order valence-electron chi connectivity index (χ1n) is 10.4. The fourth-order valence-corrected chi connectivity index (χ4v) is 5.62. The van der Waals surface area contributed by atoms with E-state index in [9.17, 15) is 9.59 Å². The normalized spacial score (nSPS) is 21.2. The zero-order valence-electron chi connectivity index (χ0n) is 15.8. The first-order chi connectivity index (χ1) is 12.3. The van der Waals surface area contributed by atoms with Gasteiger partial charge in [0.25, 0.3) is 0 Å². The molecule has 2 saturated carbocycles. The Labute approximate surface area is 152 Å². The van der Waals surface area contributed by atoms with Gasteiger partial charge in [-0.15, -0.1) is 0 Å². The number of aliphatic imine (C=N–C) groups is 2. The molecule has 0 N–H and O–H groups in total. The lowest BCUT2D eigenvalue weighted by atomic mass is 9.55. The van der Waals surface area contributed by atoms with E-state index >= 15 is 0 Å². The molecular formula is C21H34N2O2. The van der Waals surface area contributed by atoms with Crippen LogP contribution in [0.25, 0.3) is 0 Å². The minimum absolute atomic E-state index is 0.148. The molecule has 140 valence electrons. The second-order valence-electron chi connectivity index (χ2n) is 8.05. The van der Waals surface area contributed by atoms with Crippen LogP contribution in [0.2, 0.25) is 0 Å². The molecule has 0 radical (unpaired) electrons. The summed E-state index contributed by atoms with van der Waals surface area (Å²) < 4.78 is 0. The van der Waals surface area contributed by atoms with Crippen LogP contribution >= 0.6 is 0 Å². The first-order valence-corrected chi connectivity index (χ1v) is 10.4. The van der Waals surface area contributed by atoms with E-state index in [2.05, 4.69) is 16.9 Å². The van der Waals surface area contributed by atoms with Crippen LogP contribution in [0, 0.1) is 17.3 Å². The Morgan fingerprint density at radius 1 is 0.840 bits per heavy atom. The molecule has 0 heterocycles. The van der Waals surface area contributed by atoms with E-state index in [0.717, 1.165) is 12.8 Å². The number of carbonyl (C=O) groups excluding carboxylic acids is 2. The minimum atomic E-state index is -0.578. The van der Waals surface area contributed by atoms with E-state index in [1.807, 2.05) is 0 Å². The van der Waals surface area contributed by atoms with Gasteiger partial charge in [-0.2, -0.15) is 9.98 Å². The van der Waals surface area contributed by atoms with Crippen molar-refractivity contribution in [2.75, 3.05) is 0 Å². The summed E-state index contributed by atoms with van der Waals surface area (Å²) in [7, 11) is 0. The van der Waals surface area contributed by atoms with Crippen molar-refractivity contribution in [1.82, 2.24) is 0 Å². The summed E-state index contributed by atoms with van der Waals surface area (Å²) in [4.78, 5) is 30.5. The highest BCUT2D eigenvalue weighted by Gasteiger charge is 2.51. The SMILES string of the molecule is CCCCCC(C1CCCCC1)(C1CCCCC1)C(N=C=O)N=C=O. The molecule has 0 aromatic heterocycles. The summed E-state index contributed by atoms with van der Waals surface area (Å²) in [5.41, 5.74) is -0.148. The molecule has 4 nitrogen and oxygen atoms in total. The molecule has 2 fully saturated rings. The maximum Gasteiger partial charge on any atom is 0.237 e. The molecule has 2 rings (SSSR count). The molecule has 0 aromatic carbocycles. The molecule has 25 heavy (non-hydrogen) atoms. The Morgan fingerprint density at radius 2 is 1.32 bits per heavy atom. The molecule has 0 aliphatic heterocycles. The Balaban J connectivity index is 2.44. The van der Waals surface area contributed by atoms with Crippen molar-refractivity contribution in [3.05, 3.63) is 0 Å². The lowest BCUT2D eigenvalue weighted by molar-refractivity contribution is -0.0102. The van der Waals surface area contributed by atoms with Gasteiger partial charge >= 0.3 is 0 Å². The maximum atomic E-state index is 11.2. The fourth-order valence-electron chi connectivity index (χ4n) is 5.62. The van der Waals surface area contributed by atoms with Crippen LogP contribution in [0.15, 0.2) is 9.98 Å². The summed E-state index contributed by atoms with van der Waals surface area (Å²) in [5, 5.41) is 0.